The summed E-state index contributed by atoms with van der Waals surface area (Å²) < 4.78 is 2.63. The molecular weight excluding hydrogens is 699 g/mol. The van der Waals surface area contributed by atoms with Crippen molar-refractivity contribution >= 4 is 31.5 Å². The molecule has 0 spiro atoms. The summed E-state index contributed by atoms with van der Waals surface area (Å²) in [5.74, 6) is 1.95. The van der Waals surface area contributed by atoms with Crippen molar-refractivity contribution in [1.82, 2.24) is 15.0 Å². The molecule has 0 atom stereocenters. The number of hydrogen-bond donors (Lipinski definition) is 0. The molecule has 0 radical (unpaired) electrons. The first-order valence-corrected chi connectivity index (χ1v) is 19.8. The molecule has 11 rings (SSSR count). The summed E-state index contributed by atoms with van der Waals surface area (Å²) in [5, 5.41) is 2.62. The SMILES string of the molecule is c1ccc(-c2nc(-c3ccccc3)nc(-c3cccc(-c4ccc(C5(c6ccc7sc8ccccc8c7c6)c6ccccc6-c6ccccc65)cc4)c3)n2)cc1. The predicted octanol–water partition coefficient (Wildman–Crippen LogP) is 13.3. The van der Waals surface area contributed by atoms with Gasteiger partial charge in [0.2, 0.25) is 0 Å². The predicted molar refractivity (Wildman–Crippen MR) is 232 cm³/mol. The van der Waals surface area contributed by atoms with Gasteiger partial charge in [0.05, 0.1) is 5.41 Å². The lowest BCUT2D eigenvalue weighted by molar-refractivity contribution is 0.770. The Balaban J connectivity index is 1.05. The Kier molecular flexibility index (Phi) is 7.58. The number of aromatic nitrogens is 3. The van der Waals surface area contributed by atoms with Crippen LogP contribution in [0, 0.1) is 0 Å². The molecule has 2 aromatic heterocycles. The molecule has 0 N–H and O–H groups in total. The molecule has 262 valence electrons. The van der Waals surface area contributed by atoms with Crippen molar-refractivity contribution < 1.29 is 0 Å². The van der Waals surface area contributed by atoms with Crippen LogP contribution >= 0.6 is 11.3 Å². The van der Waals surface area contributed by atoms with Crippen molar-refractivity contribution in [3.63, 3.8) is 0 Å². The molecule has 3 nitrogen and oxygen atoms in total. The van der Waals surface area contributed by atoms with E-state index in [0.717, 1.165) is 27.8 Å². The van der Waals surface area contributed by atoms with Crippen LogP contribution in [0.25, 0.3) is 76.6 Å². The lowest BCUT2D eigenvalue weighted by Crippen LogP contribution is -2.28. The van der Waals surface area contributed by atoms with Crippen LogP contribution in [0.1, 0.15) is 22.3 Å². The van der Waals surface area contributed by atoms with E-state index in [-0.39, 0.29) is 0 Å². The van der Waals surface area contributed by atoms with Crippen LogP contribution in [0.5, 0.6) is 0 Å². The monoisotopic (exact) mass is 731 g/mol. The number of thiophene rings is 1. The maximum absolute atomic E-state index is 5.00. The third kappa shape index (κ3) is 5.14. The van der Waals surface area contributed by atoms with Crippen LogP contribution in [0.3, 0.4) is 0 Å². The standard InChI is InChI=1S/C52H33N3S/c1-3-14-35(15-4-1)49-53-50(36-16-5-2-6-17-36)55-51(54-49)38-19-13-18-37(32-38)34-26-28-39(29-27-34)52(45-23-10-7-20-41(45)42-21-8-11-24-46(42)52)40-30-31-48-44(33-40)43-22-9-12-25-47(43)56-48/h1-33H. The lowest BCUT2D eigenvalue weighted by atomic mass is 9.67. The maximum atomic E-state index is 5.00. The summed E-state index contributed by atoms with van der Waals surface area (Å²) >= 11 is 1.86. The van der Waals surface area contributed by atoms with E-state index in [9.17, 15) is 0 Å². The summed E-state index contributed by atoms with van der Waals surface area (Å²) in [4.78, 5) is 14.9. The Morgan fingerprint density at radius 3 is 1.48 bits per heavy atom. The summed E-state index contributed by atoms with van der Waals surface area (Å²) in [7, 11) is 0. The molecule has 0 aliphatic heterocycles. The molecule has 0 fully saturated rings. The van der Waals surface area contributed by atoms with Gasteiger partial charge in [0.15, 0.2) is 17.5 Å². The van der Waals surface area contributed by atoms with Gasteiger partial charge in [0.25, 0.3) is 0 Å². The fourth-order valence-electron chi connectivity index (χ4n) is 8.67. The smallest absolute Gasteiger partial charge is 0.164 e. The number of nitrogens with zero attached hydrogens (tertiary/aromatic N) is 3. The molecule has 2 heterocycles. The molecule has 1 aliphatic rings. The van der Waals surface area contributed by atoms with Crippen molar-refractivity contribution in [2.45, 2.75) is 5.41 Å². The first-order chi connectivity index (χ1) is 27.7. The fourth-order valence-corrected chi connectivity index (χ4v) is 9.76. The van der Waals surface area contributed by atoms with Crippen LogP contribution in [0.15, 0.2) is 200 Å². The largest absolute Gasteiger partial charge is 0.208 e. The molecule has 8 aromatic carbocycles. The molecule has 4 heteroatoms. The second kappa shape index (κ2) is 13.1. The summed E-state index contributed by atoms with van der Waals surface area (Å²) in [6.45, 7) is 0. The highest BCUT2D eigenvalue weighted by molar-refractivity contribution is 7.25. The normalized spacial score (nSPS) is 12.8. The van der Waals surface area contributed by atoms with Gasteiger partial charge in [-0.05, 0) is 68.8 Å². The number of fused-ring (bicyclic) bond motifs is 6. The van der Waals surface area contributed by atoms with Gasteiger partial charge in [-0.25, -0.2) is 15.0 Å². The van der Waals surface area contributed by atoms with Gasteiger partial charge in [0, 0.05) is 36.9 Å². The Morgan fingerprint density at radius 1 is 0.321 bits per heavy atom. The van der Waals surface area contributed by atoms with Gasteiger partial charge in [0.1, 0.15) is 0 Å². The molecule has 0 amide bonds. The highest BCUT2D eigenvalue weighted by Gasteiger charge is 2.46. The van der Waals surface area contributed by atoms with Gasteiger partial charge in [-0.15, -0.1) is 11.3 Å². The Labute approximate surface area is 329 Å². The van der Waals surface area contributed by atoms with E-state index in [1.807, 2.05) is 72.0 Å². The second-order valence-electron chi connectivity index (χ2n) is 14.3. The highest BCUT2D eigenvalue weighted by atomic mass is 32.1. The first-order valence-electron chi connectivity index (χ1n) is 18.9. The van der Waals surface area contributed by atoms with E-state index in [0.29, 0.717) is 17.5 Å². The van der Waals surface area contributed by atoms with Gasteiger partial charge in [-0.2, -0.15) is 0 Å². The zero-order valence-corrected chi connectivity index (χ0v) is 31.1. The van der Waals surface area contributed by atoms with E-state index in [1.165, 1.54) is 53.6 Å². The zero-order chi connectivity index (χ0) is 37.1. The second-order valence-corrected chi connectivity index (χ2v) is 15.4. The van der Waals surface area contributed by atoms with Crippen molar-refractivity contribution in [3.05, 3.63) is 222 Å². The van der Waals surface area contributed by atoms with E-state index >= 15 is 0 Å². The molecule has 1 aliphatic carbocycles. The Bertz CT molecular complexity index is 2970. The van der Waals surface area contributed by atoms with Gasteiger partial charge < -0.3 is 0 Å². The van der Waals surface area contributed by atoms with E-state index in [1.54, 1.807) is 0 Å². The van der Waals surface area contributed by atoms with Crippen LogP contribution < -0.4 is 0 Å². The Hall–Kier alpha value is -7.01. The summed E-state index contributed by atoms with van der Waals surface area (Å²) in [6, 6.07) is 71.8. The summed E-state index contributed by atoms with van der Waals surface area (Å²) in [6.07, 6.45) is 0. The van der Waals surface area contributed by atoms with E-state index < -0.39 is 5.41 Å². The number of benzene rings is 8. The van der Waals surface area contributed by atoms with Crippen LogP contribution in [0.2, 0.25) is 0 Å². The van der Waals surface area contributed by atoms with Gasteiger partial charge >= 0.3 is 0 Å². The van der Waals surface area contributed by atoms with E-state index in [2.05, 4.69) is 140 Å². The van der Waals surface area contributed by atoms with Crippen molar-refractivity contribution in [3.8, 4) is 56.4 Å². The van der Waals surface area contributed by atoms with Crippen LogP contribution in [-0.4, -0.2) is 15.0 Å². The van der Waals surface area contributed by atoms with Crippen LogP contribution in [-0.2, 0) is 5.41 Å². The third-order valence-corrected chi connectivity index (χ3v) is 12.4. The topological polar surface area (TPSA) is 38.7 Å². The van der Waals surface area contributed by atoms with Crippen LogP contribution in [0.4, 0.5) is 0 Å². The molecule has 0 saturated carbocycles. The molecule has 10 aromatic rings. The average molecular weight is 732 g/mol. The minimum absolute atomic E-state index is 0.489. The molecule has 0 bridgehead atoms. The lowest BCUT2D eigenvalue weighted by Gasteiger charge is -2.34. The van der Waals surface area contributed by atoms with Crippen molar-refractivity contribution in [2.24, 2.45) is 0 Å². The highest BCUT2D eigenvalue weighted by Crippen LogP contribution is 2.56. The van der Waals surface area contributed by atoms with Crippen molar-refractivity contribution in [2.75, 3.05) is 0 Å². The molecule has 0 unspecified atom stereocenters. The third-order valence-electron chi connectivity index (χ3n) is 11.2. The maximum Gasteiger partial charge on any atom is 0.164 e. The Morgan fingerprint density at radius 2 is 0.821 bits per heavy atom. The average Bonchev–Trinajstić information content (AvgIpc) is 3.80. The first kappa shape index (κ1) is 32.4. The summed E-state index contributed by atoms with van der Waals surface area (Å²) in [5.41, 5.74) is 12.3. The molecule has 0 saturated heterocycles. The minimum atomic E-state index is -0.489. The number of hydrogen-bond acceptors (Lipinski definition) is 4. The number of rotatable bonds is 6. The van der Waals surface area contributed by atoms with Gasteiger partial charge in [-0.1, -0.05) is 176 Å². The fraction of sp³-hybridized carbons (Fsp3) is 0.0192. The quantitative estimate of drug-likeness (QED) is 0.171. The molecular formula is C52H33N3S. The van der Waals surface area contributed by atoms with E-state index in [4.69, 9.17) is 15.0 Å². The van der Waals surface area contributed by atoms with Crippen molar-refractivity contribution in [1.29, 1.82) is 0 Å². The minimum Gasteiger partial charge on any atom is -0.208 e. The molecule has 56 heavy (non-hydrogen) atoms. The van der Waals surface area contributed by atoms with Gasteiger partial charge in [-0.3, -0.25) is 0 Å². The zero-order valence-electron chi connectivity index (χ0n) is 30.3.